The van der Waals surface area contributed by atoms with Crippen molar-refractivity contribution in [2.45, 2.75) is 31.8 Å². The molecule has 0 nitrogen and oxygen atoms in total. The first kappa shape index (κ1) is 22.9. The van der Waals surface area contributed by atoms with E-state index in [2.05, 4.69) is 74.5 Å². The fourth-order valence-corrected chi connectivity index (χ4v) is 5.05. The van der Waals surface area contributed by atoms with E-state index in [0.717, 1.165) is 0 Å². The molecule has 2 aromatic rings. The summed E-state index contributed by atoms with van der Waals surface area (Å²) in [5.74, 6) is 0. The summed E-state index contributed by atoms with van der Waals surface area (Å²) in [6.07, 6.45) is 3.78. The Morgan fingerprint density at radius 3 is 1.35 bits per heavy atom. The molecule has 26 heavy (non-hydrogen) atoms. The first-order chi connectivity index (χ1) is 11.8. The van der Waals surface area contributed by atoms with Crippen molar-refractivity contribution >= 4 is 16.4 Å². The van der Waals surface area contributed by atoms with Crippen molar-refractivity contribution in [1.82, 2.24) is 0 Å². The zero-order valence-electron chi connectivity index (χ0n) is 14.7. The molecular formula is C18H24F6P2. The second-order valence-electron chi connectivity index (χ2n) is 6.02. The summed E-state index contributed by atoms with van der Waals surface area (Å²) in [6.45, 7) is 4.63. The van der Waals surface area contributed by atoms with Gasteiger partial charge in [-0.3, -0.25) is 0 Å². The molecule has 0 radical (unpaired) electrons. The molecule has 148 valence electrons. The summed E-state index contributed by atoms with van der Waals surface area (Å²) in [4.78, 5) is 0. The molecular weight excluding hydrogens is 392 g/mol. The van der Waals surface area contributed by atoms with E-state index in [-0.39, 0.29) is 5.16 Å². The van der Waals surface area contributed by atoms with E-state index in [1.807, 2.05) is 0 Å². The first-order valence-corrected chi connectivity index (χ1v) is 11.7. The molecule has 0 bridgehead atoms. The molecule has 0 saturated heterocycles. The maximum absolute atomic E-state index is 10.7. The third-order valence-corrected chi connectivity index (χ3v) is 5.84. The third kappa shape index (κ3) is 9.00. The number of benzene rings is 2. The van der Waals surface area contributed by atoms with Crippen molar-refractivity contribution in [2.24, 2.45) is 0 Å². The topological polar surface area (TPSA) is 0 Å². The average molecular weight is 416 g/mol. The number of halogens is 6. The van der Waals surface area contributed by atoms with Gasteiger partial charge in [-0.25, -0.2) is 0 Å². The number of hydrogen-bond acceptors (Lipinski definition) is 0. The second-order valence-corrected chi connectivity index (χ2v) is 10.2. The van der Waals surface area contributed by atoms with Crippen LogP contribution in [-0.2, 0) is 5.16 Å². The van der Waals surface area contributed by atoms with Crippen LogP contribution in [0, 0.1) is 0 Å². The molecule has 0 heterocycles. The van der Waals surface area contributed by atoms with Crippen molar-refractivity contribution in [2.75, 3.05) is 6.16 Å². The SMILES string of the molecule is CCCC([PH2+]CC)(c1ccccc1)c1ccccc1.F[P-](F)(F)(F)(F)F. The van der Waals surface area contributed by atoms with Crippen molar-refractivity contribution in [3.05, 3.63) is 71.8 Å². The van der Waals surface area contributed by atoms with E-state index in [9.17, 15) is 25.2 Å². The van der Waals surface area contributed by atoms with Crippen molar-refractivity contribution in [3.8, 4) is 0 Å². The molecule has 2 aromatic carbocycles. The van der Waals surface area contributed by atoms with Crippen LogP contribution in [0.3, 0.4) is 0 Å². The minimum atomic E-state index is -10.7. The molecule has 0 aliphatic carbocycles. The molecule has 0 spiro atoms. The van der Waals surface area contributed by atoms with Crippen LogP contribution in [0.4, 0.5) is 25.2 Å². The van der Waals surface area contributed by atoms with Crippen LogP contribution in [0.25, 0.3) is 0 Å². The number of rotatable bonds is 6. The Morgan fingerprint density at radius 1 is 0.731 bits per heavy atom. The minimum absolute atomic E-state index is 0.270. The van der Waals surface area contributed by atoms with Crippen molar-refractivity contribution in [1.29, 1.82) is 0 Å². The summed E-state index contributed by atoms with van der Waals surface area (Å²) in [6, 6.07) is 22.2. The maximum atomic E-state index is 9.87. The van der Waals surface area contributed by atoms with Crippen LogP contribution >= 0.6 is 16.4 Å². The Bertz CT molecular complexity index is 610. The van der Waals surface area contributed by atoms with E-state index >= 15 is 0 Å². The van der Waals surface area contributed by atoms with E-state index in [0.29, 0.717) is 8.58 Å². The van der Waals surface area contributed by atoms with Gasteiger partial charge in [0.05, 0.1) is 6.16 Å². The zero-order valence-corrected chi connectivity index (χ0v) is 16.7. The Hall–Kier alpha value is -1.12. The molecule has 8 heteroatoms. The summed E-state index contributed by atoms with van der Waals surface area (Å²) >= 11 is 0. The zero-order chi connectivity index (χ0) is 20.0. The molecule has 1 atom stereocenters. The van der Waals surface area contributed by atoms with E-state index in [4.69, 9.17) is 0 Å². The Kier molecular flexibility index (Phi) is 6.93. The molecule has 0 N–H and O–H groups in total. The summed E-state index contributed by atoms with van der Waals surface area (Å²) in [5.41, 5.74) is 3.00. The van der Waals surface area contributed by atoms with E-state index in [1.54, 1.807) is 0 Å². The van der Waals surface area contributed by atoms with Gasteiger partial charge in [0.1, 0.15) is 5.16 Å². The normalized spacial score (nSPS) is 15.1. The van der Waals surface area contributed by atoms with Gasteiger partial charge in [-0.1, -0.05) is 74.0 Å². The second kappa shape index (κ2) is 7.86. The van der Waals surface area contributed by atoms with Gasteiger partial charge < -0.3 is 0 Å². The molecule has 1 unspecified atom stereocenters. The summed E-state index contributed by atoms with van der Waals surface area (Å²) < 4.78 is 59.2. The van der Waals surface area contributed by atoms with Gasteiger partial charge >= 0.3 is 33.0 Å². The van der Waals surface area contributed by atoms with E-state index < -0.39 is 7.81 Å². The molecule has 0 aliphatic heterocycles. The van der Waals surface area contributed by atoms with Gasteiger partial charge in [0, 0.05) is 8.58 Å². The van der Waals surface area contributed by atoms with Crippen LogP contribution in [-0.4, -0.2) is 6.16 Å². The number of hydrogen-bond donors (Lipinski definition) is 0. The predicted octanol–water partition coefficient (Wildman–Crippen LogP) is 8.54. The average Bonchev–Trinajstić information content (AvgIpc) is 2.53. The van der Waals surface area contributed by atoms with Crippen LogP contribution in [0.15, 0.2) is 60.7 Å². The first-order valence-electron chi connectivity index (χ1n) is 8.30. The Morgan fingerprint density at radius 2 is 1.08 bits per heavy atom. The van der Waals surface area contributed by atoms with Gasteiger partial charge in [-0.2, -0.15) is 0 Å². The Labute approximate surface area is 152 Å². The van der Waals surface area contributed by atoms with Gasteiger partial charge in [0.15, 0.2) is 0 Å². The summed E-state index contributed by atoms with van der Waals surface area (Å²) in [7, 11) is -10.3. The molecule has 0 aliphatic rings. The standard InChI is InChI=1S/C18H23P.F6P/c1-3-15-18(19-4-2,16-11-7-5-8-12-16)17-13-9-6-10-14-17;1-7(2,3,4,5)6/h5-14,19H,3-4,15H2,1-2H3;/q;-1/p+1. The van der Waals surface area contributed by atoms with Gasteiger partial charge in [0.2, 0.25) is 0 Å². The van der Waals surface area contributed by atoms with Crippen LogP contribution in [0.2, 0.25) is 0 Å². The van der Waals surface area contributed by atoms with Crippen molar-refractivity contribution in [3.63, 3.8) is 0 Å². The van der Waals surface area contributed by atoms with Crippen LogP contribution in [0.5, 0.6) is 0 Å². The van der Waals surface area contributed by atoms with Gasteiger partial charge in [0.25, 0.3) is 0 Å². The fraction of sp³-hybridized carbons (Fsp3) is 0.333. The Balaban J connectivity index is 0.000000412. The van der Waals surface area contributed by atoms with Gasteiger partial charge in [-0.05, 0) is 24.5 Å². The molecule has 0 amide bonds. The molecule has 0 saturated carbocycles. The van der Waals surface area contributed by atoms with Gasteiger partial charge in [-0.15, -0.1) is 0 Å². The molecule has 0 aromatic heterocycles. The monoisotopic (exact) mass is 416 g/mol. The quantitative estimate of drug-likeness (QED) is 0.327. The van der Waals surface area contributed by atoms with Crippen LogP contribution in [0.1, 0.15) is 37.8 Å². The fourth-order valence-electron chi connectivity index (χ4n) is 3.01. The molecule has 2 rings (SSSR count). The molecule has 0 fully saturated rings. The van der Waals surface area contributed by atoms with Crippen LogP contribution < -0.4 is 0 Å². The predicted molar refractivity (Wildman–Crippen MR) is 102 cm³/mol. The van der Waals surface area contributed by atoms with Crippen molar-refractivity contribution < 1.29 is 25.2 Å². The third-order valence-electron chi connectivity index (χ3n) is 3.77. The summed E-state index contributed by atoms with van der Waals surface area (Å²) in [5, 5.41) is 0.270. The van der Waals surface area contributed by atoms with E-state index in [1.165, 1.54) is 30.1 Å².